The maximum atomic E-state index is 13.2. The van der Waals surface area contributed by atoms with Crippen molar-refractivity contribution in [3.8, 4) is 5.69 Å². The molecule has 2 heterocycles. The molecule has 0 spiro atoms. The summed E-state index contributed by atoms with van der Waals surface area (Å²) in [5.74, 6) is 0.0861. The fourth-order valence-electron chi connectivity index (χ4n) is 4.66. The highest BCUT2D eigenvalue weighted by Crippen LogP contribution is 2.25. The molecule has 1 aliphatic carbocycles. The molecule has 29 heavy (non-hydrogen) atoms. The molecule has 0 unspecified atom stereocenters. The van der Waals surface area contributed by atoms with Crippen LogP contribution in [0.25, 0.3) is 5.69 Å². The average molecular weight is 387 g/mol. The van der Waals surface area contributed by atoms with E-state index in [2.05, 4.69) is 39.4 Å². The number of nitrogens with zero attached hydrogens (tertiary/aromatic N) is 5. The van der Waals surface area contributed by atoms with Crippen molar-refractivity contribution in [1.82, 2.24) is 24.6 Å². The van der Waals surface area contributed by atoms with E-state index >= 15 is 0 Å². The highest BCUT2D eigenvalue weighted by atomic mass is 16.2. The molecule has 6 heteroatoms. The number of para-hydroxylation sites is 1. The third kappa shape index (κ3) is 3.56. The van der Waals surface area contributed by atoms with E-state index < -0.39 is 0 Å². The number of rotatable bonds is 3. The second-order valence-corrected chi connectivity index (χ2v) is 7.88. The molecule has 2 aromatic carbocycles. The summed E-state index contributed by atoms with van der Waals surface area (Å²) in [7, 11) is 0. The Balaban J connectivity index is 1.26. The fraction of sp³-hybridized carbons (Fsp3) is 0.348. The summed E-state index contributed by atoms with van der Waals surface area (Å²) in [6, 6.07) is 17.1. The molecule has 3 aromatic rings. The van der Waals surface area contributed by atoms with Gasteiger partial charge in [-0.1, -0.05) is 36.4 Å². The SMILES string of the molecule is O=C(c1ccccc1-n1cnnc1)N1CCN([C@@H]2CCc3ccccc3C2)CC1. The average Bonchev–Trinajstić information content (AvgIpc) is 3.33. The summed E-state index contributed by atoms with van der Waals surface area (Å²) < 4.78 is 1.79. The molecule has 2 aliphatic rings. The largest absolute Gasteiger partial charge is 0.336 e. The van der Waals surface area contributed by atoms with E-state index in [9.17, 15) is 4.79 Å². The Morgan fingerprint density at radius 3 is 2.34 bits per heavy atom. The fourth-order valence-corrected chi connectivity index (χ4v) is 4.66. The Labute approximate surface area is 170 Å². The Hall–Kier alpha value is -2.99. The molecule has 0 N–H and O–H groups in total. The number of hydrogen-bond donors (Lipinski definition) is 0. The van der Waals surface area contributed by atoms with Crippen LogP contribution in [0.4, 0.5) is 0 Å². The van der Waals surface area contributed by atoms with Crippen LogP contribution in [-0.4, -0.2) is 62.7 Å². The van der Waals surface area contributed by atoms with Crippen molar-refractivity contribution in [2.24, 2.45) is 0 Å². The van der Waals surface area contributed by atoms with Crippen molar-refractivity contribution >= 4 is 5.91 Å². The first-order valence-corrected chi connectivity index (χ1v) is 10.3. The van der Waals surface area contributed by atoms with Gasteiger partial charge in [-0.15, -0.1) is 10.2 Å². The van der Waals surface area contributed by atoms with Crippen LogP contribution in [-0.2, 0) is 12.8 Å². The van der Waals surface area contributed by atoms with Gasteiger partial charge in [-0.25, -0.2) is 0 Å². The minimum absolute atomic E-state index is 0.0861. The monoisotopic (exact) mass is 387 g/mol. The number of fused-ring (bicyclic) bond motifs is 1. The number of amides is 1. The third-order valence-corrected chi connectivity index (χ3v) is 6.27. The van der Waals surface area contributed by atoms with Crippen LogP contribution < -0.4 is 0 Å². The molecule has 5 rings (SSSR count). The summed E-state index contributed by atoms with van der Waals surface area (Å²) in [5.41, 5.74) is 4.52. The molecule has 1 atom stereocenters. The van der Waals surface area contributed by atoms with Gasteiger partial charge in [0.15, 0.2) is 0 Å². The molecular weight excluding hydrogens is 362 g/mol. The maximum Gasteiger partial charge on any atom is 0.256 e. The van der Waals surface area contributed by atoms with Gasteiger partial charge in [-0.3, -0.25) is 14.3 Å². The zero-order valence-electron chi connectivity index (χ0n) is 16.4. The van der Waals surface area contributed by atoms with Crippen LogP contribution in [0.5, 0.6) is 0 Å². The van der Waals surface area contributed by atoms with Crippen LogP contribution >= 0.6 is 0 Å². The molecule has 0 bridgehead atoms. The van der Waals surface area contributed by atoms with E-state index in [-0.39, 0.29) is 5.91 Å². The highest BCUT2D eigenvalue weighted by Gasteiger charge is 2.29. The van der Waals surface area contributed by atoms with Gasteiger partial charge in [0.1, 0.15) is 12.7 Å². The van der Waals surface area contributed by atoms with Crippen molar-refractivity contribution in [1.29, 1.82) is 0 Å². The lowest BCUT2D eigenvalue weighted by Gasteiger charge is -2.41. The van der Waals surface area contributed by atoms with Gasteiger partial charge in [0, 0.05) is 32.2 Å². The lowest BCUT2D eigenvalue weighted by Crippen LogP contribution is -2.53. The van der Waals surface area contributed by atoms with Gasteiger partial charge < -0.3 is 4.90 Å². The molecule has 1 aromatic heterocycles. The molecule has 1 fully saturated rings. The van der Waals surface area contributed by atoms with E-state index in [1.54, 1.807) is 17.2 Å². The van der Waals surface area contributed by atoms with Gasteiger partial charge in [-0.2, -0.15) is 0 Å². The summed E-state index contributed by atoms with van der Waals surface area (Å²) >= 11 is 0. The van der Waals surface area contributed by atoms with Crippen LogP contribution in [0.2, 0.25) is 0 Å². The predicted octanol–water partition coefficient (Wildman–Crippen LogP) is 2.58. The Morgan fingerprint density at radius 1 is 0.862 bits per heavy atom. The van der Waals surface area contributed by atoms with Crippen molar-refractivity contribution in [2.45, 2.75) is 25.3 Å². The first-order chi connectivity index (χ1) is 14.3. The summed E-state index contributed by atoms with van der Waals surface area (Å²) in [6.45, 7) is 3.42. The first-order valence-electron chi connectivity index (χ1n) is 10.3. The van der Waals surface area contributed by atoms with E-state index in [1.807, 2.05) is 29.2 Å². The topological polar surface area (TPSA) is 54.3 Å². The number of carbonyl (C=O) groups is 1. The summed E-state index contributed by atoms with van der Waals surface area (Å²) in [6.07, 6.45) is 6.75. The van der Waals surface area contributed by atoms with Gasteiger partial charge in [-0.05, 0) is 42.5 Å². The van der Waals surface area contributed by atoms with Crippen molar-refractivity contribution in [3.63, 3.8) is 0 Å². The number of aryl methyl sites for hydroxylation is 1. The Morgan fingerprint density at radius 2 is 1.55 bits per heavy atom. The van der Waals surface area contributed by atoms with Crippen LogP contribution in [0.1, 0.15) is 27.9 Å². The minimum atomic E-state index is 0.0861. The molecular formula is C23H25N5O. The minimum Gasteiger partial charge on any atom is -0.336 e. The Kier molecular flexibility index (Phi) is 4.86. The summed E-state index contributed by atoms with van der Waals surface area (Å²) in [4.78, 5) is 17.8. The number of aromatic nitrogens is 3. The smallest absolute Gasteiger partial charge is 0.256 e. The summed E-state index contributed by atoms with van der Waals surface area (Å²) in [5, 5.41) is 7.74. The number of hydrogen-bond acceptors (Lipinski definition) is 4. The zero-order chi connectivity index (χ0) is 19.6. The molecule has 0 saturated carbocycles. The molecule has 1 amide bonds. The zero-order valence-corrected chi connectivity index (χ0v) is 16.4. The van der Waals surface area contributed by atoms with Crippen LogP contribution in [0.3, 0.4) is 0 Å². The van der Waals surface area contributed by atoms with Crippen LogP contribution in [0.15, 0.2) is 61.2 Å². The highest BCUT2D eigenvalue weighted by molar-refractivity contribution is 5.97. The number of piperazine rings is 1. The second kappa shape index (κ2) is 7.79. The second-order valence-electron chi connectivity index (χ2n) is 7.88. The van der Waals surface area contributed by atoms with E-state index in [0.717, 1.165) is 44.7 Å². The number of carbonyl (C=O) groups excluding carboxylic acids is 1. The van der Waals surface area contributed by atoms with Gasteiger partial charge in [0.05, 0.1) is 11.3 Å². The van der Waals surface area contributed by atoms with Gasteiger partial charge in [0.2, 0.25) is 0 Å². The lowest BCUT2D eigenvalue weighted by molar-refractivity contribution is 0.0553. The van der Waals surface area contributed by atoms with E-state index in [0.29, 0.717) is 11.6 Å². The standard InChI is InChI=1S/C23H25N5O/c29-23(21-7-3-4-8-22(21)28-16-24-25-17-28)27-13-11-26(12-14-27)20-10-9-18-5-1-2-6-19(18)15-20/h1-8,16-17,20H,9-15H2/t20-/m1/s1. The van der Waals surface area contributed by atoms with Crippen molar-refractivity contribution in [3.05, 3.63) is 77.9 Å². The quantitative estimate of drug-likeness (QED) is 0.693. The van der Waals surface area contributed by atoms with E-state index in [1.165, 1.54) is 17.5 Å². The molecule has 6 nitrogen and oxygen atoms in total. The molecule has 1 saturated heterocycles. The van der Waals surface area contributed by atoms with Crippen molar-refractivity contribution < 1.29 is 4.79 Å². The van der Waals surface area contributed by atoms with E-state index in [4.69, 9.17) is 0 Å². The molecule has 148 valence electrons. The molecule has 0 radical (unpaired) electrons. The normalized spacial score (nSPS) is 19.7. The lowest BCUT2D eigenvalue weighted by atomic mass is 9.87. The third-order valence-electron chi connectivity index (χ3n) is 6.27. The Bertz CT molecular complexity index is 992. The number of benzene rings is 2. The van der Waals surface area contributed by atoms with Gasteiger partial charge >= 0.3 is 0 Å². The maximum absolute atomic E-state index is 13.2. The predicted molar refractivity (Wildman–Crippen MR) is 111 cm³/mol. The first kappa shape index (κ1) is 18.1. The van der Waals surface area contributed by atoms with Gasteiger partial charge in [0.25, 0.3) is 5.91 Å². The van der Waals surface area contributed by atoms with Crippen LogP contribution in [0, 0.1) is 0 Å². The van der Waals surface area contributed by atoms with Crippen molar-refractivity contribution in [2.75, 3.05) is 26.2 Å². The molecule has 1 aliphatic heterocycles.